The van der Waals surface area contributed by atoms with E-state index in [1.54, 1.807) is 12.1 Å². The van der Waals surface area contributed by atoms with E-state index in [-0.39, 0.29) is 17.6 Å². The van der Waals surface area contributed by atoms with Crippen LogP contribution in [0.15, 0.2) is 47.7 Å². The zero-order valence-corrected chi connectivity index (χ0v) is 15.3. The van der Waals surface area contributed by atoms with E-state index >= 15 is 0 Å². The van der Waals surface area contributed by atoms with Gasteiger partial charge in [0.25, 0.3) is 0 Å². The van der Waals surface area contributed by atoms with E-state index in [1.807, 2.05) is 24.3 Å². The minimum atomic E-state index is -0.368. The Labute approximate surface area is 157 Å². The first-order valence-electron chi connectivity index (χ1n) is 8.96. The molecule has 1 aliphatic heterocycles. The first-order valence-corrected chi connectivity index (χ1v) is 8.96. The number of benzene rings is 2. The van der Waals surface area contributed by atoms with Crippen LogP contribution >= 0.6 is 0 Å². The van der Waals surface area contributed by atoms with Crippen LogP contribution in [-0.2, 0) is 4.79 Å². The number of carbonyl (C=O) groups is 1. The number of hydrogen-bond donors (Lipinski definition) is 3. The molecule has 0 saturated carbocycles. The summed E-state index contributed by atoms with van der Waals surface area (Å²) in [6.45, 7) is 0. The number of nitrogens with one attached hydrogen (secondary N) is 2. The average Bonchev–Trinajstić information content (AvgIpc) is 2.85. The highest BCUT2D eigenvalue weighted by atomic mass is 16.5. The second-order valence-electron chi connectivity index (χ2n) is 6.69. The van der Waals surface area contributed by atoms with Gasteiger partial charge < -0.3 is 25.2 Å². The quantitative estimate of drug-likeness (QED) is 0.762. The molecule has 6 nitrogen and oxygen atoms in total. The third kappa shape index (κ3) is 2.97. The van der Waals surface area contributed by atoms with Gasteiger partial charge in [-0.3, -0.25) is 4.79 Å². The van der Waals surface area contributed by atoms with Crippen molar-refractivity contribution in [3.8, 4) is 17.2 Å². The molecule has 3 N–H and O–H groups in total. The molecule has 1 unspecified atom stereocenters. The van der Waals surface area contributed by atoms with Crippen molar-refractivity contribution in [3.05, 3.63) is 53.2 Å². The molecule has 6 heteroatoms. The number of phenols is 1. The van der Waals surface area contributed by atoms with Crippen LogP contribution in [-0.4, -0.2) is 25.1 Å². The van der Waals surface area contributed by atoms with Crippen LogP contribution in [0.5, 0.6) is 17.2 Å². The first-order chi connectivity index (χ1) is 13.1. The Morgan fingerprint density at radius 1 is 1.04 bits per heavy atom. The second kappa shape index (κ2) is 6.87. The minimum absolute atomic E-state index is 0.0555. The lowest BCUT2D eigenvalue weighted by atomic mass is 9.86. The molecule has 0 fully saturated rings. The largest absolute Gasteiger partial charge is 0.502 e. The number of ketones is 1. The van der Waals surface area contributed by atoms with Crippen molar-refractivity contribution >= 4 is 17.2 Å². The van der Waals surface area contributed by atoms with E-state index in [2.05, 4.69) is 10.6 Å². The van der Waals surface area contributed by atoms with Gasteiger partial charge in [0.05, 0.1) is 31.6 Å². The number of Topliss-reactive ketones (excluding diaryl/α,β-unsaturated/α-hetero) is 1. The third-order valence-electron chi connectivity index (χ3n) is 5.09. The topological polar surface area (TPSA) is 79.8 Å². The van der Waals surface area contributed by atoms with E-state index in [4.69, 9.17) is 9.47 Å². The molecule has 4 rings (SSSR count). The average molecular weight is 366 g/mol. The lowest BCUT2D eigenvalue weighted by Crippen LogP contribution is -2.23. The fourth-order valence-corrected chi connectivity index (χ4v) is 3.77. The Morgan fingerprint density at radius 2 is 1.70 bits per heavy atom. The van der Waals surface area contributed by atoms with E-state index in [0.717, 1.165) is 41.1 Å². The predicted molar refractivity (Wildman–Crippen MR) is 104 cm³/mol. The summed E-state index contributed by atoms with van der Waals surface area (Å²) in [4.78, 5) is 12.8. The summed E-state index contributed by atoms with van der Waals surface area (Å²) in [5.74, 6) is 0.684. The number of aromatic hydroxyl groups is 1. The third-order valence-corrected chi connectivity index (χ3v) is 5.09. The Morgan fingerprint density at radius 3 is 2.37 bits per heavy atom. The summed E-state index contributed by atoms with van der Waals surface area (Å²) in [6, 6.07) is 11.0. The van der Waals surface area contributed by atoms with Crippen molar-refractivity contribution in [2.24, 2.45) is 0 Å². The zero-order valence-electron chi connectivity index (χ0n) is 15.3. The molecule has 0 bridgehead atoms. The number of para-hydroxylation sites is 2. The smallest absolute Gasteiger partial charge is 0.200 e. The molecule has 0 aromatic heterocycles. The number of anilines is 2. The van der Waals surface area contributed by atoms with Crippen LogP contribution in [0.1, 0.15) is 30.9 Å². The molecular formula is C21H22N2O4. The standard InChI is InChI=1S/C21H22N2O4/c1-26-17-10-12(11-18(27-2)21(17)25)20-19-15(8-5-9-16(19)24)22-13-6-3-4-7-14(13)23-20/h3-4,6-7,10-11,20,22-23,25H,5,8-9H2,1-2H3. The summed E-state index contributed by atoms with van der Waals surface area (Å²) in [5.41, 5.74) is 4.32. The molecule has 0 amide bonds. The van der Waals surface area contributed by atoms with Crippen LogP contribution in [0.4, 0.5) is 11.4 Å². The maximum absolute atomic E-state index is 12.8. The van der Waals surface area contributed by atoms with Gasteiger partial charge in [-0.15, -0.1) is 0 Å². The van der Waals surface area contributed by atoms with E-state index in [9.17, 15) is 9.90 Å². The number of phenolic OH excluding ortho intramolecular Hbond substituents is 1. The fourth-order valence-electron chi connectivity index (χ4n) is 3.77. The van der Waals surface area contributed by atoms with Crippen molar-refractivity contribution in [1.29, 1.82) is 0 Å². The maximum Gasteiger partial charge on any atom is 0.200 e. The van der Waals surface area contributed by atoms with Crippen molar-refractivity contribution in [2.45, 2.75) is 25.3 Å². The monoisotopic (exact) mass is 366 g/mol. The van der Waals surface area contributed by atoms with Crippen LogP contribution in [0.3, 0.4) is 0 Å². The first kappa shape index (κ1) is 17.3. The molecule has 140 valence electrons. The zero-order chi connectivity index (χ0) is 19.0. The summed E-state index contributed by atoms with van der Waals surface area (Å²) in [7, 11) is 2.98. The second-order valence-corrected chi connectivity index (χ2v) is 6.69. The van der Waals surface area contributed by atoms with Gasteiger partial charge in [-0.1, -0.05) is 12.1 Å². The van der Waals surface area contributed by atoms with Gasteiger partial charge in [-0.25, -0.2) is 0 Å². The number of ether oxygens (including phenoxy) is 2. The highest BCUT2D eigenvalue weighted by molar-refractivity contribution is 6.00. The number of carbonyl (C=O) groups excluding carboxylic acids is 1. The van der Waals surface area contributed by atoms with E-state index in [0.29, 0.717) is 17.9 Å². The van der Waals surface area contributed by atoms with Gasteiger partial charge >= 0.3 is 0 Å². The van der Waals surface area contributed by atoms with Gasteiger partial charge in [-0.2, -0.15) is 0 Å². The molecule has 1 atom stereocenters. The van der Waals surface area contributed by atoms with Crippen LogP contribution in [0.2, 0.25) is 0 Å². The highest BCUT2D eigenvalue weighted by Crippen LogP contribution is 2.44. The van der Waals surface area contributed by atoms with Gasteiger partial charge in [-0.05, 0) is 42.7 Å². The molecule has 0 radical (unpaired) electrons. The van der Waals surface area contributed by atoms with E-state index < -0.39 is 0 Å². The summed E-state index contributed by atoms with van der Waals surface area (Å²) < 4.78 is 10.6. The van der Waals surface area contributed by atoms with Crippen molar-refractivity contribution in [2.75, 3.05) is 24.9 Å². The number of methoxy groups -OCH3 is 2. The Balaban J connectivity index is 1.90. The number of hydrogen-bond acceptors (Lipinski definition) is 6. The minimum Gasteiger partial charge on any atom is -0.502 e. The molecule has 2 aliphatic rings. The van der Waals surface area contributed by atoms with Gasteiger partial charge in [0.15, 0.2) is 17.3 Å². The summed E-state index contributed by atoms with van der Waals surface area (Å²) >= 11 is 0. The molecule has 1 aliphatic carbocycles. The Kier molecular flexibility index (Phi) is 4.39. The van der Waals surface area contributed by atoms with Crippen LogP contribution < -0.4 is 20.1 Å². The van der Waals surface area contributed by atoms with Gasteiger partial charge in [0.2, 0.25) is 5.75 Å². The Bertz CT molecular complexity index is 911. The molecule has 0 spiro atoms. The lowest BCUT2D eigenvalue weighted by molar-refractivity contribution is -0.116. The number of allylic oxidation sites excluding steroid dienone is 1. The normalized spacial score (nSPS) is 18.6. The number of rotatable bonds is 3. The molecule has 0 saturated heterocycles. The SMILES string of the molecule is COc1cc(C2Nc3ccccc3NC3=C2C(=O)CCC3)cc(OC)c1O. The van der Waals surface area contributed by atoms with Gasteiger partial charge in [0, 0.05) is 17.7 Å². The highest BCUT2D eigenvalue weighted by Gasteiger charge is 2.33. The summed E-state index contributed by atoms with van der Waals surface area (Å²) in [5, 5.41) is 17.2. The molecule has 2 aromatic carbocycles. The summed E-state index contributed by atoms with van der Waals surface area (Å²) in [6.07, 6.45) is 2.18. The predicted octanol–water partition coefficient (Wildman–Crippen LogP) is 4.00. The van der Waals surface area contributed by atoms with Gasteiger partial charge in [0.1, 0.15) is 0 Å². The number of fused-ring (bicyclic) bond motifs is 1. The van der Waals surface area contributed by atoms with Crippen LogP contribution in [0, 0.1) is 0 Å². The molecule has 1 heterocycles. The molecular weight excluding hydrogens is 344 g/mol. The fraction of sp³-hybridized carbons (Fsp3) is 0.286. The lowest BCUT2D eigenvalue weighted by Gasteiger charge is -2.26. The molecule has 2 aromatic rings. The van der Waals surface area contributed by atoms with Crippen LogP contribution in [0.25, 0.3) is 0 Å². The van der Waals surface area contributed by atoms with Crippen molar-refractivity contribution in [3.63, 3.8) is 0 Å². The Hall–Kier alpha value is -3.15. The van der Waals surface area contributed by atoms with Crippen molar-refractivity contribution in [1.82, 2.24) is 0 Å². The molecule has 27 heavy (non-hydrogen) atoms. The van der Waals surface area contributed by atoms with Crippen molar-refractivity contribution < 1.29 is 19.4 Å². The maximum atomic E-state index is 12.8. The van der Waals surface area contributed by atoms with E-state index in [1.165, 1.54) is 14.2 Å².